The molecule has 1 aromatic carbocycles. The van der Waals surface area contributed by atoms with Crippen molar-refractivity contribution in [2.24, 2.45) is 0 Å². The van der Waals surface area contributed by atoms with E-state index in [1.807, 2.05) is 44.2 Å². The number of benzene rings is 1. The zero-order valence-corrected chi connectivity index (χ0v) is 13.2. The maximum absolute atomic E-state index is 5.54. The molecule has 0 aliphatic heterocycles. The predicted molar refractivity (Wildman–Crippen MR) is 85.3 cm³/mol. The Labute approximate surface area is 126 Å². The van der Waals surface area contributed by atoms with E-state index in [0.717, 1.165) is 35.1 Å². The molecule has 0 spiro atoms. The second kappa shape index (κ2) is 7.18. The topological polar surface area (TPSA) is 47.0 Å². The van der Waals surface area contributed by atoms with E-state index in [2.05, 4.69) is 29.1 Å². The van der Waals surface area contributed by atoms with E-state index in [9.17, 15) is 0 Å². The molecule has 21 heavy (non-hydrogen) atoms. The van der Waals surface area contributed by atoms with E-state index >= 15 is 0 Å². The number of hydrogen-bond donors (Lipinski definition) is 1. The highest BCUT2D eigenvalue weighted by Gasteiger charge is 2.07. The minimum atomic E-state index is 0.435. The highest BCUT2D eigenvalue weighted by Crippen LogP contribution is 2.21. The van der Waals surface area contributed by atoms with Crippen molar-refractivity contribution in [3.05, 3.63) is 41.7 Å². The number of hydrogen-bond acceptors (Lipinski definition) is 4. The summed E-state index contributed by atoms with van der Waals surface area (Å²) >= 11 is 0. The zero-order valence-electron chi connectivity index (χ0n) is 13.2. The second-order valence-corrected chi connectivity index (χ2v) is 5.32. The van der Waals surface area contributed by atoms with Crippen molar-refractivity contribution in [2.45, 2.75) is 40.3 Å². The minimum Gasteiger partial charge on any atom is -0.494 e. The van der Waals surface area contributed by atoms with Crippen LogP contribution in [0.2, 0.25) is 0 Å². The smallest absolute Gasteiger partial charge is 0.159 e. The molecule has 0 aliphatic rings. The van der Waals surface area contributed by atoms with Gasteiger partial charge in [0.1, 0.15) is 5.75 Å². The molecule has 2 rings (SSSR count). The SMILES string of the molecule is CCOc1cccc(-c2nc(C)cc(CNC(C)C)n2)c1. The van der Waals surface area contributed by atoms with Crippen molar-refractivity contribution in [3.8, 4) is 17.1 Å². The number of nitrogens with zero attached hydrogens (tertiary/aromatic N) is 2. The molecule has 0 aliphatic carbocycles. The molecule has 112 valence electrons. The van der Waals surface area contributed by atoms with E-state index in [-0.39, 0.29) is 0 Å². The normalized spacial score (nSPS) is 10.9. The average molecular weight is 285 g/mol. The van der Waals surface area contributed by atoms with Crippen LogP contribution in [0.5, 0.6) is 5.75 Å². The third-order valence-electron chi connectivity index (χ3n) is 3.00. The van der Waals surface area contributed by atoms with E-state index in [1.54, 1.807) is 0 Å². The molecule has 0 saturated heterocycles. The van der Waals surface area contributed by atoms with Crippen molar-refractivity contribution in [3.63, 3.8) is 0 Å². The third-order valence-corrected chi connectivity index (χ3v) is 3.00. The number of rotatable bonds is 6. The Kier molecular flexibility index (Phi) is 5.28. The van der Waals surface area contributed by atoms with Gasteiger partial charge in [0.2, 0.25) is 0 Å². The summed E-state index contributed by atoms with van der Waals surface area (Å²) in [7, 11) is 0. The van der Waals surface area contributed by atoms with Gasteiger partial charge in [0, 0.05) is 23.8 Å². The van der Waals surface area contributed by atoms with Crippen molar-refractivity contribution >= 4 is 0 Å². The lowest BCUT2D eigenvalue weighted by Gasteiger charge is -2.10. The fourth-order valence-electron chi connectivity index (χ4n) is 2.05. The molecule has 0 radical (unpaired) electrons. The summed E-state index contributed by atoms with van der Waals surface area (Å²) in [5.74, 6) is 1.60. The molecular formula is C17H23N3O. The molecule has 0 bridgehead atoms. The van der Waals surface area contributed by atoms with Crippen molar-refractivity contribution in [2.75, 3.05) is 6.61 Å². The second-order valence-electron chi connectivity index (χ2n) is 5.32. The molecule has 1 heterocycles. The molecule has 4 heteroatoms. The summed E-state index contributed by atoms with van der Waals surface area (Å²) in [6, 6.07) is 10.4. The number of aromatic nitrogens is 2. The van der Waals surface area contributed by atoms with Crippen LogP contribution in [0.3, 0.4) is 0 Å². The molecule has 0 amide bonds. The van der Waals surface area contributed by atoms with E-state index < -0.39 is 0 Å². The summed E-state index contributed by atoms with van der Waals surface area (Å²) in [6.45, 7) is 9.63. The maximum Gasteiger partial charge on any atom is 0.159 e. The lowest BCUT2D eigenvalue weighted by atomic mass is 10.2. The van der Waals surface area contributed by atoms with Gasteiger partial charge in [0.15, 0.2) is 5.82 Å². The first-order valence-corrected chi connectivity index (χ1v) is 7.39. The standard InChI is InChI=1S/C17H23N3O/c1-5-21-16-8-6-7-14(10-16)17-19-13(4)9-15(20-17)11-18-12(2)3/h6-10,12,18H,5,11H2,1-4H3. The summed E-state index contributed by atoms with van der Waals surface area (Å²) in [5.41, 5.74) is 2.96. The lowest BCUT2D eigenvalue weighted by molar-refractivity contribution is 0.340. The van der Waals surface area contributed by atoms with Crippen molar-refractivity contribution in [1.82, 2.24) is 15.3 Å². The van der Waals surface area contributed by atoms with Gasteiger partial charge < -0.3 is 10.1 Å². The van der Waals surface area contributed by atoms with Crippen molar-refractivity contribution < 1.29 is 4.74 Å². The van der Waals surface area contributed by atoms with Gasteiger partial charge in [-0.3, -0.25) is 0 Å². The Bertz CT molecular complexity index is 596. The van der Waals surface area contributed by atoms with E-state index in [1.165, 1.54) is 0 Å². The van der Waals surface area contributed by atoms with Crippen LogP contribution < -0.4 is 10.1 Å². The van der Waals surface area contributed by atoms with Crippen LogP contribution in [0.25, 0.3) is 11.4 Å². The van der Waals surface area contributed by atoms with E-state index in [0.29, 0.717) is 12.6 Å². The zero-order chi connectivity index (χ0) is 15.2. The quantitative estimate of drug-likeness (QED) is 0.884. The number of nitrogens with one attached hydrogen (secondary N) is 1. The highest BCUT2D eigenvalue weighted by molar-refractivity contribution is 5.57. The highest BCUT2D eigenvalue weighted by atomic mass is 16.5. The van der Waals surface area contributed by atoms with Gasteiger partial charge in [-0.25, -0.2) is 9.97 Å². The largest absolute Gasteiger partial charge is 0.494 e. The van der Waals surface area contributed by atoms with Crippen LogP contribution >= 0.6 is 0 Å². The fraction of sp³-hybridized carbons (Fsp3) is 0.412. The van der Waals surface area contributed by atoms with Gasteiger partial charge in [0.05, 0.1) is 12.3 Å². The van der Waals surface area contributed by atoms with Gasteiger partial charge in [-0.15, -0.1) is 0 Å². The predicted octanol–water partition coefficient (Wildman–Crippen LogP) is 3.35. The Morgan fingerprint density at radius 1 is 1.19 bits per heavy atom. The molecule has 0 fully saturated rings. The monoisotopic (exact) mass is 285 g/mol. The summed E-state index contributed by atoms with van der Waals surface area (Å²) in [6.07, 6.45) is 0. The molecule has 0 atom stereocenters. The summed E-state index contributed by atoms with van der Waals surface area (Å²) < 4.78 is 5.54. The summed E-state index contributed by atoms with van der Waals surface area (Å²) in [4.78, 5) is 9.19. The number of aryl methyl sites for hydroxylation is 1. The molecule has 0 unspecified atom stereocenters. The molecule has 0 saturated carbocycles. The van der Waals surface area contributed by atoms with Gasteiger partial charge in [0.25, 0.3) is 0 Å². The average Bonchev–Trinajstić information content (AvgIpc) is 2.45. The Hall–Kier alpha value is -1.94. The van der Waals surface area contributed by atoms with Crippen LogP contribution in [0.4, 0.5) is 0 Å². The molecule has 1 N–H and O–H groups in total. The first kappa shape index (κ1) is 15.4. The minimum absolute atomic E-state index is 0.435. The Morgan fingerprint density at radius 3 is 2.71 bits per heavy atom. The summed E-state index contributed by atoms with van der Waals surface area (Å²) in [5, 5.41) is 3.38. The number of ether oxygens (including phenoxy) is 1. The van der Waals surface area contributed by atoms with Gasteiger partial charge in [-0.2, -0.15) is 0 Å². The Morgan fingerprint density at radius 2 is 2.00 bits per heavy atom. The Balaban J connectivity index is 2.28. The van der Waals surface area contributed by atoms with Crippen LogP contribution in [-0.2, 0) is 6.54 Å². The lowest BCUT2D eigenvalue weighted by Crippen LogP contribution is -2.22. The van der Waals surface area contributed by atoms with Crippen LogP contribution in [0.1, 0.15) is 32.2 Å². The van der Waals surface area contributed by atoms with Gasteiger partial charge in [-0.05, 0) is 32.0 Å². The fourth-order valence-corrected chi connectivity index (χ4v) is 2.05. The van der Waals surface area contributed by atoms with Crippen LogP contribution in [0, 0.1) is 6.92 Å². The first-order chi connectivity index (χ1) is 10.1. The van der Waals surface area contributed by atoms with E-state index in [4.69, 9.17) is 4.74 Å². The maximum atomic E-state index is 5.54. The molecular weight excluding hydrogens is 262 g/mol. The molecule has 1 aromatic heterocycles. The first-order valence-electron chi connectivity index (χ1n) is 7.39. The van der Waals surface area contributed by atoms with Gasteiger partial charge in [-0.1, -0.05) is 26.0 Å². The molecule has 4 nitrogen and oxygen atoms in total. The van der Waals surface area contributed by atoms with Crippen LogP contribution in [-0.4, -0.2) is 22.6 Å². The third kappa shape index (κ3) is 4.53. The molecule has 2 aromatic rings. The van der Waals surface area contributed by atoms with Crippen LogP contribution in [0.15, 0.2) is 30.3 Å². The van der Waals surface area contributed by atoms with Gasteiger partial charge >= 0.3 is 0 Å². The van der Waals surface area contributed by atoms with Crippen molar-refractivity contribution in [1.29, 1.82) is 0 Å².